The summed E-state index contributed by atoms with van der Waals surface area (Å²) in [5, 5.41) is 6.22. The number of hydrogen-bond acceptors (Lipinski definition) is 7. The highest BCUT2D eigenvalue weighted by Crippen LogP contribution is 2.38. The van der Waals surface area contributed by atoms with E-state index in [1.54, 1.807) is 61.7 Å². The predicted molar refractivity (Wildman–Crippen MR) is 147 cm³/mol. The number of benzene rings is 3. The van der Waals surface area contributed by atoms with Crippen molar-refractivity contribution in [2.45, 2.75) is 6.92 Å². The van der Waals surface area contributed by atoms with Crippen molar-refractivity contribution in [3.8, 4) is 17.2 Å². The van der Waals surface area contributed by atoms with Crippen LogP contribution in [0.15, 0.2) is 76.6 Å². The van der Waals surface area contributed by atoms with Crippen LogP contribution in [0.1, 0.15) is 12.5 Å². The number of methoxy groups -OCH3 is 1. The number of thioether (sulfide) groups is 1. The van der Waals surface area contributed by atoms with Crippen LogP contribution >= 0.6 is 23.4 Å². The Bertz CT molecular complexity index is 1340. The molecule has 37 heavy (non-hydrogen) atoms. The maximum absolute atomic E-state index is 12.5. The summed E-state index contributed by atoms with van der Waals surface area (Å²) < 4.78 is 16.6. The molecule has 2 amide bonds. The molecular formula is C27H24ClN3O5S. The van der Waals surface area contributed by atoms with E-state index < -0.39 is 0 Å². The molecule has 1 saturated heterocycles. The van der Waals surface area contributed by atoms with E-state index in [-0.39, 0.29) is 29.2 Å². The van der Waals surface area contributed by atoms with Crippen LogP contribution in [0.25, 0.3) is 6.08 Å². The van der Waals surface area contributed by atoms with Crippen LogP contribution in [0.2, 0.25) is 5.02 Å². The molecule has 1 heterocycles. The summed E-state index contributed by atoms with van der Waals surface area (Å²) in [5.41, 5.74) is 1.98. The lowest BCUT2D eigenvalue weighted by Crippen LogP contribution is -2.20. The number of hydrogen-bond donors (Lipinski definition) is 2. The zero-order chi connectivity index (χ0) is 26.2. The fourth-order valence-corrected chi connectivity index (χ4v) is 4.45. The summed E-state index contributed by atoms with van der Waals surface area (Å²) in [6, 6.07) is 19.6. The van der Waals surface area contributed by atoms with E-state index in [9.17, 15) is 9.59 Å². The summed E-state index contributed by atoms with van der Waals surface area (Å²) in [5.74, 6) is 0.728. The molecule has 4 rings (SSSR count). The first kappa shape index (κ1) is 26.1. The van der Waals surface area contributed by atoms with Gasteiger partial charge < -0.3 is 24.8 Å². The van der Waals surface area contributed by atoms with E-state index in [1.165, 1.54) is 11.8 Å². The molecule has 0 unspecified atom stereocenters. The van der Waals surface area contributed by atoms with E-state index in [1.807, 2.05) is 25.1 Å². The third-order valence-corrected chi connectivity index (χ3v) is 6.18. The van der Waals surface area contributed by atoms with Gasteiger partial charge in [-0.1, -0.05) is 29.8 Å². The van der Waals surface area contributed by atoms with Crippen molar-refractivity contribution in [3.63, 3.8) is 0 Å². The number of nitrogens with zero attached hydrogens (tertiary/aromatic N) is 1. The largest absolute Gasteiger partial charge is 0.497 e. The molecule has 8 nitrogen and oxygen atoms in total. The van der Waals surface area contributed by atoms with Crippen molar-refractivity contribution in [1.29, 1.82) is 0 Å². The van der Waals surface area contributed by atoms with Crippen molar-refractivity contribution < 1.29 is 23.8 Å². The highest BCUT2D eigenvalue weighted by Gasteiger charge is 2.24. The first-order valence-corrected chi connectivity index (χ1v) is 12.5. The quantitative estimate of drug-likeness (QED) is 0.342. The minimum absolute atomic E-state index is 0.249. The SMILES string of the molecule is CCOc1cc(/C=C2/SC(=Nc3ccc(OC)cc3)NC2=O)cc(Cl)c1OCC(=O)Nc1ccccc1. The van der Waals surface area contributed by atoms with E-state index in [0.717, 1.165) is 5.75 Å². The van der Waals surface area contributed by atoms with Crippen LogP contribution in [-0.2, 0) is 9.59 Å². The van der Waals surface area contributed by atoms with Gasteiger partial charge in [0.25, 0.3) is 11.8 Å². The molecule has 1 fully saturated rings. The number of nitrogens with one attached hydrogen (secondary N) is 2. The van der Waals surface area contributed by atoms with Gasteiger partial charge in [0.05, 0.1) is 29.3 Å². The average Bonchev–Trinajstić information content (AvgIpc) is 3.22. The molecule has 1 aliphatic heterocycles. The van der Waals surface area contributed by atoms with Crippen LogP contribution in [0.5, 0.6) is 17.2 Å². The van der Waals surface area contributed by atoms with Gasteiger partial charge in [-0.3, -0.25) is 9.59 Å². The lowest BCUT2D eigenvalue weighted by Gasteiger charge is -2.14. The molecule has 0 bridgehead atoms. The molecule has 0 spiro atoms. The molecule has 3 aromatic rings. The molecule has 2 N–H and O–H groups in total. The van der Waals surface area contributed by atoms with E-state index in [4.69, 9.17) is 25.8 Å². The number of carbonyl (C=O) groups is 2. The maximum Gasteiger partial charge on any atom is 0.264 e. The smallest absolute Gasteiger partial charge is 0.264 e. The summed E-state index contributed by atoms with van der Waals surface area (Å²) in [4.78, 5) is 29.7. The zero-order valence-electron chi connectivity index (χ0n) is 20.1. The standard InChI is InChI=1S/C27H24ClN3O5S/c1-3-35-22-14-17(13-21(28)25(22)36-16-24(32)29-18-7-5-4-6-8-18)15-23-26(33)31-27(37-23)30-19-9-11-20(34-2)12-10-19/h4-15H,3,16H2,1-2H3,(H,29,32)(H,30,31,33)/b23-15+. The summed E-state index contributed by atoms with van der Waals surface area (Å²) >= 11 is 7.70. The Hall–Kier alpha value is -3.95. The molecule has 0 aliphatic carbocycles. The van der Waals surface area contributed by atoms with Gasteiger partial charge in [-0.25, -0.2) is 4.99 Å². The first-order chi connectivity index (χ1) is 17.9. The van der Waals surface area contributed by atoms with Crippen molar-refractivity contribution in [2.24, 2.45) is 4.99 Å². The number of ether oxygens (including phenoxy) is 3. The number of aliphatic imine (C=N–C) groups is 1. The predicted octanol–water partition coefficient (Wildman–Crippen LogP) is 5.66. The van der Waals surface area contributed by atoms with Gasteiger partial charge in [-0.2, -0.15) is 0 Å². The Kier molecular flexibility index (Phi) is 8.71. The van der Waals surface area contributed by atoms with Crippen LogP contribution in [0.3, 0.4) is 0 Å². The van der Waals surface area contributed by atoms with Gasteiger partial charge in [0.1, 0.15) is 5.75 Å². The van der Waals surface area contributed by atoms with E-state index >= 15 is 0 Å². The zero-order valence-corrected chi connectivity index (χ0v) is 21.7. The number of para-hydroxylation sites is 1. The van der Waals surface area contributed by atoms with Crippen LogP contribution in [-0.4, -0.2) is 37.3 Å². The second kappa shape index (κ2) is 12.3. The van der Waals surface area contributed by atoms with Gasteiger partial charge in [-0.15, -0.1) is 0 Å². The Morgan fingerprint density at radius 3 is 2.57 bits per heavy atom. The van der Waals surface area contributed by atoms with E-state index in [0.29, 0.717) is 39.4 Å². The Labute approximate surface area is 223 Å². The number of anilines is 1. The van der Waals surface area contributed by atoms with Gasteiger partial charge in [0.2, 0.25) is 0 Å². The lowest BCUT2D eigenvalue weighted by atomic mass is 10.2. The molecule has 0 radical (unpaired) electrons. The lowest BCUT2D eigenvalue weighted by molar-refractivity contribution is -0.118. The Balaban J connectivity index is 1.48. The average molecular weight is 538 g/mol. The molecule has 1 aliphatic rings. The third kappa shape index (κ3) is 7.05. The van der Waals surface area contributed by atoms with Crippen molar-refractivity contribution in [3.05, 3.63) is 82.2 Å². The summed E-state index contributed by atoms with van der Waals surface area (Å²) in [7, 11) is 1.59. The van der Waals surface area contributed by atoms with Gasteiger partial charge >= 0.3 is 0 Å². The van der Waals surface area contributed by atoms with Crippen LogP contribution in [0.4, 0.5) is 11.4 Å². The molecule has 0 atom stereocenters. The molecule has 190 valence electrons. The molecule has 0 saturated carbocycles. The molecule has 10 heteroatoms. The first-order valence-electron chi connectivity index (χ1n) is 11.3. The minimum Gasteiger partial charge on any atom is -0.497 e. The van der Waals surface area contributed by atoms with E-state index in [2.05, 4.69) is 15.6 Å². The molecular weight excluding hydrogens is 514 g/mol. The van der Waals surface area contributed by atoms with Crippen molar-refractivity contribution in [1.82, 2.24) is 5.32 Å². The fourth-order valence-electron chi connectivity index (χ4n) is 3.34. The maximum atomic E-state index is 12.5. The number of carbonyl (C=O) groups excluding carboxylic acids is 2. The fraction of sp³-hybridized carbons (Fsp3) is 0.148. The minimum atomic E-state index is -0.335. The number of halogens is 1. The van der Waals surface area contributed by atoms with Gasteiger partial charge in [-0.05, 0) is 78.9 Å². The Morgan fingerprint density at radius 1 is 1.11 bits per heavy atom. The highest BCUT2D eigenvalue weighted by molar-refractivity contribution is 8.18. The summed E-state index contributed by atoms with van der Waals surface area (Å²) in [6.07, 6.45) is 1.69. The van der Waals surface area contributed by atoms with Crippen LogP contribution in [0, 0.1) is 0 Å². The molecule has 0 aromatic heterocycles. The third-order valence-electron chi connectivity index (χ3n) is 4.99. The monoisotopic (exact) mass is 537 g/mol. The topological polar surface area (TPSA) is 98.2 Å². The van der Waals surface area contributed by atoms with Gasteiger partial charge in [0, 0.05) is 5.69 Å². The second-order valence-electron chi connectivity index (χ2n) is 7.65. The molecule has 3 aromatic carbocycles. The summed E-state index contributed by atoms with van der Waals surface area (Å²) in [6.45, 7) is 1.93. The number of amides is 2. The Morgan fingerprint density at radius 2 is 1.86 bits per heavy atom. The second-order valence-corrected chi connectivity index (χ2v) is 9.08. The van der Waals surface area contributed by atoms with Crippen molar-refractivity contribution >= 4 is 57.8 Å². The van der Waals surface area contributed by atoms with Crippen molar-refractivity contribution in [2.75, 3.05) is 25.6 Å². The number of amidine groups is 1. The van der Waals surface area contributed by atoms with Gasteiger partial charge in [0.15, 0.2) is 23.3 Å². The number of rotatable bonds is 9. The highest BCUT2D eigenvalue weighted by atomic mass is 35.5. The van der Waals surface area contributed by atoms with Crippen LogP contribution < -0.4 is 24.8 Å². The normalized spacial score (nSPS) is 14.9.